The fourth-order valence-electron chi connectivity index (χ4n) is 2.79. The van der Waals surface area contributed by atoms with Gasteiger partial charge < -0.3 is 10.1 Å². The number of benzene rings is 2. The Balaban J connectivity index is 1.94. The summed E-state index contributed by atoms with van der Waals surface area (Å²) in [5.41, 5.74) is 1.78. The van der Waals surface area contributed by atoms with Crippen molar-refractivity contribution in [3.8, 4) is 0 Å². The van der Waals surface area contributed by atoms with E-state index < -0.39 is 17.8 Å². The van der Waals surface area contributed by atoms with Gasteiger partial charge in [0.15, 0.2) is 0 Å². The van der Waals surface area contributed by atoms with E-state index in [-0.39, 0.29) is 28.6 Å². The molecule has 0 aromatic heterocycles. The van der Waals surface area contributed by atoms with Crippen LogP contribution in [0, 0.1) is 6.92 Å². The molecule has 144 valence electrons. The molecule has 1 aliphatic rings. The molecule has 1 heterocycles. The predicted octanol–water partition coefficient (Wildman–Crippen LogP) is 4.00. The summed E-state index contributed by atoms with van der Waals surface area (Å²) in [5, 5.41) is 2.71. The SMILES string of the molecule is CCCOC(=O)c1ccccc1N1C(=O)C(Cl)=C(Nc2ccccc2C)C1=O. The van der Waals surface area contributed by atoms with Gasteiger partial charge in [-0.25, -0.2) is 9.69 Å². The maximum Gasteiger partial charge on any atom is 0.340 e. The first-order valence-corrected chi connectivity index (χ1v) is 9.20. The second-order valence-electron chi connectivity index (χ2n) is 6.23. The van der Waals surface area contributed by atoms with Crippen molar-refractivity contribution < 1.29 is 19.1 Å². The largest absolute Gasteiger partial charge is 0.462 e. The molecule has 0 bridgehead atoms. The summed E-state index contributed by atoms with van der Waals surface area (Å²) in [6.45, 7) is 3.99. The zero-order chi connectivity index (χ0) is 20.3. The molecule has 2 aromatic carbocycles. The van der Waals surface area contributed by atoms with Crippen LogP contribution >= 0.6 is 11.6 Å². The van der Waals surface area contributed by atoms with Gasteiger partial charge in [-0.2, -0.15) is 0 Å². The lowest BCUT2D eigenvalue weighted by atomic mass is 10.1. The standard InChI is InChI=1S/C21H19ClN2O4/c1-3-12-28-21(27)14-9-5-7-11-16(14)24-19(25)17(22)18(20(24)26)23-15-10-6-4-8-13(15)2/h4-11,23H,3,12H2,1-2H3. The van der Waals surface area contributed by atoms with Crippen molar-refractivity contribution in [3.05, 3.63) is 70.4 Å². The Morgan fingerprint density at radius 3 is 2.46 bits per heavy atom. The molecule has 28 heavy (non-hydrogen) atoms. The van der Waals surface area contributed by atoms with Crippen LogP contribution in [0.3, 0.4) is 0 Å². The van der Waals surface area contributed by atoms with Crippen LogP contribution in [-0.2, 0) is 14.3 Å². The molecule has 7 heteroatoms. The maximum absolute atomic E-state index is 13.0. The van der Waals surface area contributed by atoms with Gasteiger partial charge in [0.2, 0.25) is 0 Å². The number of aryl methyl sites for hydroxylation is 1. The van der Waals surface area contributed by atoms with E-state index in [1.165, 1.54) is 12.1 Å². The van der Waals surface area contributed by atoms with Crippen LogP contribution in [0.1, 0.15) is 29.3 Å². The van der Waals surface area contributed by atoms with Gasteiger partial charge in [-0.3, -0.25) is 9.59 Å². The lowest BCUT2D eigenvalue weighted by Gasteiger charge is -2.18. The zero-order valence-corrected chi connectivity index (χ0v) is 16.2. The molecule has 2 aromatic rings. The number of hydrogen-bond donors (Lipinski definition) is 1. The Kier molecular flexibility index (Phi) is 5.80. The van der Waals surface area contributed by atoms with E-state index in [4.69, 9.17) is 16.3 Å². The molecule has 0 radical (unpaired) electrons. The van der Waals surface area contributed by atoms with Crippen molar-refractivity contribution in [3.63, 3.8) is 0 Å². The minimum absolute atomic E-state index is 0.0299. The minimum atomic E-state index is -0.696. The summed E-state index contributed by atoms with van der Waals surface area (Å²) in [4.78, 5) is 38.9. The minimum Gasteiger partial charge on any atom is -0.462 e. The van der Waals surface area contributed by atoms with Crippen molar-refractivity contribution in [2.24, 2.45) is 0 Å². The summed E-state index contributed by atoms with van der Waals surface area (Å²) >= 11 is 6.17. The number of para-hydroxylation sites is 2. The molecule has 2 amide bonds. The number of carbonyl (C=O) groups excluding carboxylic acids is 3. The third-order valence-electron chi connectivity index (χ3n) is 4.23. The molecular weight excluding hydrogens is 380 g/mol. The monoisotopic (exact) mass is 398 g/mol. The second kappa shape index (κ2) is 8.27. The quantitative estimate of drug-likeness (QED) is 0.588. The highest BCUT2D eigenvalue weighted by atomic mass is 35.5. The molecule has 0 fully saturated rings. The molecule has 1 N–H and O–H groups in total. The van der Waals surface area contributed by atoms with Crippen molar-refractivity contribution in [1.29, 1.82) is 0 Å². The third-order valence-corrected chi connectivity index (χ3v) is 4.58. The van der Waals surface area contributed by atoms with Crippen LogP contribution < -0.4 is 10.2 Å². The summed E-state index contributed by atoms with van der Waals surface area (Å²) in [6.07, 6.45) is 0.660. The average molecular weight is 399 g/mol. The Hall–Kier alpha value is -3.12. The van der Waals surface area contributed by atoms with Gasteiger partial charge in [-0.05, 0) is 37.1 Å². The topological polar surface area (TPSA) is 75.7 Å². The number of ether oxygens (including phenoxy) is 1. The van der Waals surface area contributed by atoms with E-state index in [0.29, 0.717) is 12.1 Å². The number of anilines is 2. The highest BCUT2D eigenvalue weighted by Crippen LogP contribution is 2.32. The van der Waals surface area contributed by atoms with Gasteiger partial charge >= 0.3 is 5.97 Å². The van der Waals surface area contributed by atoms with Crippen LogP contribution in [0.4, 0.5) is 11.4 Å². The summed E-state index contributed by atoms with van der Waals surface area (Å²) in [6, 6.07) is 13.6. The molecular formula is C21H19ClN2O4. The lowest BCUT2D eigenvalue weighted by Crippen LogP contribution is -2.33. The summed E-state index contributed by atoms with van der Waals surface area (Å²) in [5.74, 6) is -1.93. The van der Waals surface area contributed by atoms with Crippen LogP contribution in [0.2, 0.25) is 0 Å². The fraction of sp³-hybridized carbons (Fsp3) is 0.190. The molecule has 0 atom stereocenters. The second-order valence-corrected chi connectivity index (χ2v) is 6.61. The number of imide groups is 1. The number of carbonyl (C=O) groups is 3. The Morgan fingerprint density at radius 2 is 1.75 bits per heavy atom. The fourth-order valence-corrected chi connectivity index (χ4v) is 3.00. The Morgan fingerprint density at radius 1 is 1.07 bits per heavy atom. The van der Waals surface area contributed by atoms with Gasteiger partial charge in [0.25, 0.3) is 11.8 Å². The number of amides is 2. The van der Waals surface area contributed by atoms with Gasteiger partial charge in [0.1, 0.15) is 10.7 Å². The first kappa shape index (κ1) is 19.6. The Bertz CT molecular complexity index is 984. The Labute approximate surface area is 167 Å². The van der Waals surface area contributed by atoms with E-state index in [1.54, 1.807) is 18.2 Å². The molecule has 0 saturated carbocycles. The molecule has 3 rings (SSSR count). The number of halogens is 1. The van der Waals surface area contributed by atoms with E-state index >= 15 is 0 Å². The molecule has 0 spiro atoms. The van der Waals surface area contributed by atoms with Crippen molar-refractivity contribution in [1.82, 2.24) is 0 Å². The van der Waals surface area contributed by atoms with Crippen LogP contribution in [0.15, 0.2) is 59.3 Å². The van der Waals surface area contributed by atoms with E-state index in [0.717, 1.165) is 10.5 Å². The summed E-state index contributed by atoms with van der Waals surface area (Å²) in [7, 11) is 0. The molecule has 0 saturated heterocycles. The number of nitrogens with zero attached hydrogens (tertiary/aromatic N) is 1. The number of esters is 1. The van der Waals surface area contributed by atoms with E-state index in [9.17, 15) is 14.4 Å². The average Bonchev–Trinajstić information content (AvgIpc) is 2.91. The normalized spacial score (nSPS) is 13.9. The van der Waals surface area contributed by atoms with Crippen LogP contribution in [0.5, 0.6) is 0 Å². The van der Waals surface area contributed by atoms with Crippen LogP contribution in [-0.4, -0.2) is 24.4 Å². The van der Waals surface area contributed by atoms with Gasteiger partial charge in [-0.1, -0.05) is 48.9 Å². The molecule has 6 nitrogen and oxygen atoms in total. The van der Waals surface area contributed by atoms with Crippen molar-refractivity contribution >= 4 is 40.8 Å². The highest BCUT2D eigenvalue weighted by Gasteiger charge is 2.40. The van der Waals surface area contributed by atoms with Crippen LogP contribution in [0.25, 0.3) is 0 Å². The van der Waals surface area contributed by atoms with Crippen molar-refractivity contribution in [2.45, 2.75) is 20.3 Å². The number of rotatable bonds is 6. The van der Waals surface area contributed by atoms with E-state index in [2.05, 4.69) is 5.32 Å². The first-order chi connectivity index (χ1) is 13.5. The zero-order valence-electron chi connectivity index (χ0n) is 15.5. The lowest BCUT2D eigenvalue weighted by molar-refractivity contribution is -0.120. The number of hydrogen-bond acceptors (Lipinski definition) is 5. The van der Waals surface area contributed by atoms with Gasteiger partial charge in [-0.15, -0.1) is 0 Å². The maximum atomic E-state index is 13.0. The molecule has 0 aliphatic carbocycles. The predicted molar refractivity (Wildman–Crippen MR) is 107 cm³/mol. The smallest absolute Gasteiger partial charge is 0.340 e. The molecule has 1 aliphatic heterocycles. The highest BCUT2D eigenvalue weighted by molar-refractivity contribution is 6.53. The third kappa shape index (κ3) is 3.64. The first-order valence-electron chi connectivity index (χ1n) is 8.83. The van der Waals surface area contributed by atoms with Crippen molar-refractivity contribution in [2.75, 3.05) is 16.8 Å². The summed E-state index contributed by atoms with van der Waals surface area (Å²) < 4.78 is 5.16. The van der Waals surface area contributed by atoms with E-state index in [1.807, 2.05) is 32.0 Å². The van der Waals surface area contributed by atoms with Gasteiger partial charge in [0, 0.05) is 5.69 Å². The number of nitrogens with one attached hydrogen (secondary N) is 1. The molecule has 0 unspecified atom stereocenters. The van der Waals surface area contributed by atoms with Gasteiger partial charge in [0.05, 0.1) is 17.9 Å².